The Morgan fingerprint density at radius 2 is 1.13 bits per heavy atom. The summed E-state index contributed by atoms with van der Waals surface area (Å²) in [6.45, 7) is 6.27. The molecule has 330 valence electrons. The topological polar surface area (TPSA) is 77.1 Å². The Morgan fingerprint density at radius 1 is 0.536 bits per heavy atom. The van der Waals surface area contributed by atoms with E-state index < -0.39 is 11.2 Å². The Balaban J connectivity index is 1.10. The molecule has 69 heavy (non-hydrogen) atoms. The van der Waals surface area contributed by atoms with E-state index in [2.05, 4.69) is 91.5 Å². The summed E-state index contributed by atoms with van der Waals surface area (Å²) in [4.78, 5) is 1.83. The Hall–Kier alpha value is -9.06. The van der Waals surface area contributed by atoms with Crippen LogP contribution >= 0.6 is 0 Å². The number of furan rings is 1. The van der Waals surface area contributed by atoms with Crippen LogP contribution in [0.25, 0.3) is 76.9 Å². The first kappa shape index (κ1) is 41.4. The smallest absolute Gasteiger partial charge is 0.186 e. The van der Waals surface area contributed by atoms with Crippen LogP contribution in [0.1, 0.15) is 23.6 Å². The lowest BCUT2D eigenvalue weighted by atomic mass is 9.66. The Bertz CT molecular complexity index is 3900. The third-order valence-corrected chi connectivity index (χ3v) is 14.0. The van der Waals surface area contributed by atoms with E-state index in [1.807, 2.05) is 151 Å². The van der Waals surface area contributed by atoms with Gasteiger partial charge in [0.2, 0.25) is 0 Å². The molecule has 10 aromatic carbocycles. The van der Waals surface area contributed by atoms with Gasteiger partial charge in [0, 0.05) is 38.8 Å². The average Bonchev–Trinajstić information content (AvgIpc) is 3.95. The summed E-state index contributed by atoms with van der Waals surface area (Å²) in [7, 11) is 0. The fourth-order valence-electron chi connectivity index (χ4n) is 11.0. The highest BCUT2D eigenvalue weighted by molar-refractivity contribution is 6.14. The number of anilines is 3. The minimum absolute atomic E-state index is 0.0323. The molecule has 1 aromatic heterocycles. The number of nitrogens with zero attached hydrogens (tertiary/aromatic N) is 1. The maximum Gasteiger partial charge on any atom is 0.186 e. The van der Waals surface area contributed by atoms with Crippen molar-refractivity contribution in [3.05, 3.63) is 253 Å². The normalized spacial score (nSPS) is 14.5. The molecule has 1 heterocycles. The molecule has 11 aromatic rings. The zero-order valence-corrected chi connectivity index (χ0v) is 37.8. The molecule has 0 amide bonds. The average molecular weight is 892 g/mol. The number of aromatic hydroxyl groups is 3. The molecule has 0 aliphatic heterocycles. The molecule has 1 atom stereocenters. The highest BCUT2D eigenvalue weighted by Gasteiger charge is 2.51. The van der Waals surface area contributed by atoms with Gasteiger partial charge >= 0.3 is 0 Å². The predicted octanol–water partition coefficient (Wildman–Crippen LogP) is 16.8. The van der Waals surface area contributed by atoms with Crippen molar-refractivity contribution in [2.24, 2.45) is 0 Å². The molecule has 1 aliphatic rings. The molecule has 3 N–H and O–H groups in total. The van der Waals surface area contributed by atoms with Crippen molar-refractivity contribution in [1.82, 2.24) is 0 Å². The van der Waals surface area contributed by atoms with Crippen LogP contribution in [-0.2, 0) is 5.41 Å². The lowest BCUT2D eigenvalue weighted by Gasteiger charge is -2.36. The molecule has 5 nitrogen and oxygen atoms in total. The molecule has 5 heteroatoms. The molecule has 0 radical (unpaired) electrons. The number of fused-ring (bicyclic) bond motifs is 9. The summed E-state index contributed by atoms with van der Waals surface area (Å²) in [5, 5.41) is 45.3. The Labute approximate surface area is 399 Å². The molecule has 0 bridgehead atoms. The number of hydrogen-bond acceptors (Lipinski definition) is 5. The van der Waals surface area contributed by atoms with Gasteiger partial charge < -0.3 is 24.6 Å². The summed E-state index contributed by atoms with van der Waals surface area (Å²) < 4.78 is 6.46. The van der Waals surface area contributed by atoms with E-state index >= 15 is 0 Å². The number of phenols is 3. The van der Waals surface area contributed by atoms with Crippen molar-refractivity contribution < 1.29 is 19.7 Å². The monoisotopic (exact) mass is 891 g/mol. The number of benzene rings is 10. The first-order chi connectivity index (χ1) is 33.9. The Kier molecular flexibility index (Phi) is 9.82. The third kappa shape index (κ3) is 6.24. The maximum atomic E-state index is 13.4. The number of phenolic OH excluding ortho intramolecular Hbond substituents is 3. The Morgan fingerprint density at radius 3 is 1.86 bits per heavy atom. The van der Waals surface area contributed by atoms with E-state index in [1.54, 1.807) is 0 Å². The van der Waals surface area contributed by atoms with Gasteiger partial charge in [-0.15, -0.1) is 0 Å². The van der Waals surface area contributed by atoms with Crippen LogP contribution in [0.15, 0.2) is 241 Å². The number of allylic oxidation sites excluding steroid dienone is 5. The summed E-state index contributed by atoms with van der Waals surface area (Å²) in [6.07, 6.45) is 7.73. The van der Waals surface area contributed by atoms with Gasteiger partial charge in [0.25, 0.3) is 0 Å². The summed E-state index contributed by atoms with van der Waals surface area (Å²) in [5.41, 5.74) is 9.70. The first-order valence-corrected chi connectivity index (χ1v) is 23.2. The van der Waals surface area contributed by atoms with Gasteiger partial charge in [-0.2, -0.15) is 0 Å². The van der Waals surface area contributed by atoms with Crippen molar-refractivity contribution in [2.75, 3.05) is 4.90 Å². The maximum absolute atomic E-state index is 13.4. The van der Waals surface area contributed by atoms with Gasteiger partial charge in [0.05, 0.1) is 5.41 Å². The fraction of sp³-hybridized carbons (Fsp3) is 0.0312. The van der Waals surface area contributed by atoms with Crippen molar-refractivity contribution in [1.29, 1.82) is 0 Å². The van der Waals surface area contributed by atoms with E-state index in [1.165, 1.54) is 10.8 Å². The van der Waals surface area contributed by atoms with Crippen LogP contribution in [0.2, 0.25) is 0 Å². The molecular weight excluding hydrogens is 847 g/mol. The molecule has 0 spiro atoms. The number of hydrogen-bond donors (Lipinski definition) is 3. The highest BCUT2D eigenvalue weighted by atomic mass is 16.3. The van der Waals surface area contributed by atoms with Crippen LogP contribution in [0.3, 0.4) is 0 Å². The first-order valence-electron chi connectivity index (χ1n) is 23.2. The van der Waals surface area contributed by atoms with Crippen LogP contribution < -0.4 is 4.90 Å². The van der Waals surface area contributed by atoms with E-state index in [-0.39, 0.29) is 17.2 Å². The third-order valence-electron chi connectivity index (χ3n) is 14.0. The van der Waals surface area contributed by atoms with Gasteiger partial charge in [0.15, 0.2) is 11.5 Å². The summed E-state index contributed by atoms with van der Waals surface area (Å²) >= 11 is 0. The van der Waals surface area contributed by atoms with Gasteiger partial charge in [-0.1, -0.05) is 195 Å². The standard InChI is InChI=1S/C64H45NO4/c1-3-5-19-43(4-2)64(44-20-7-6-8-21-44)55-29-15-13-26-53(55)57-58(64)61(67)59(62(68)60(57)66)65(45-35-31-40(32-36-45)48-27-17-28-52-51-25-14-16-30-56(51)69-63(48)52)46-37-33-41(34-38-46)54-39-42-18-9-10-22-47(42)49-23-11-12-24-50(49)54/h3-39,66-68H,2H2,1H3/b5-3-,43-19+. The quantitative estimate of drug-likeness (QED) is 0.0582. The fourth-order valence-corrected chi connectivity index (χ4v) is 11.0. The second kappa shape index (κ2) is 16.4. The van der Waals surface area contributed by atoms with Crippen molar-refractivity contribution >= 4 is 60.5 Å². The predicted molar refractivity (Wildman–Crippen MR) is 284 cm³/mol. The van der Waals surface area contributed by atoms with Crippen LogP contribution in [0.4, 0.5) is 17.1 Å². The van der Waals surface area contributed by atoms with Gasteiger partial charge in [-0.25, -0.2) is 0 Å². The highest BCUT2D eigenvalue weighted by Crippen LogP contribution is 2.66. The van der Waals surface area contributed by atoms with Crippen LogP contribution in [0.5, 0.6) is 17.2 Å². The molecule has 0 saturated carbocycles. The lowest BCUT2D eigenvalue weighted by Crippen LogP contribution is -2.29. The van der Waals surface area contributed by atoms with E-state index in [0.717, 1.165) is 71.7 Å². The molecule has 12 rings (SSSR count). The second-order valence-corrected chi connectivity index (χ2v) is 17.6. The molecule has 1 unspecified atom stereocenters. The van der Waals surface area contributed by atoms with Gasteiger partial charge in [0.1, 0.15) is 22.6 Å². The van der Waals surface area contributed by atoms with Crippen LogP contribution in [0, 0.1) is 0 Å². The van der Waals surface area contributed by atoms with Crippen molar-refractivity contribution in [2.45, 2.75) is 12.3 Å². The number of rotatable bonds is 9. The molecule has 1 aliphatic carbocycles. The van der Waals surface area contributed by atoms with Gasteiger partial charge in [-0.3, -0.25) is 0 Å². The van der Waals surface area contributed by atoms with E-state index in [9.17, 15) is 15.3 Å². The number of para-hydroxylation sites is 2. The molecular formula is C64H45NO4. The zero-order chi connectivity index (χ0) is 46.8. The van der Waals surface area contributed by atoms with Crippen LogP contribution in [-0.4, -0.2) is 15.3 Å². The van der Waals surface area contributed by atoms with Crippen molar-refractivity contribution in [3.63, 3.8) is 0 Å². The van der Waals surface area contributed by atoms with E-state index in [0.29, 0.717) is 28.1 Å². The van der Waals surface area contributed by atoms with E-state index in [4.69, 9.17) is 4.42 Å². The molecule has 0 saturated heterocycles. The van der Waals surface area contributed by atoms with Gasteiger partial charge in [-0.05, 0) is 104 Å². The lowest BCUT2D eigenvalue weighted by molar-refractivity contribution is 0.397. The summed E-state index contributed by atoms with van der Waals surface area (Å²) in [6, 6.07) is 67.4. The minimum Gasteiger partial charge on any atom is -0.505 e. The SMILES string of the molecule is C=C/C(=C\C=C/C)C1(c2ccccc2)c2ccccc2-c2c(O)c(O)c(N(c3ccc(-c4cc5ccccc5c5ccccc45)cc3)c3ccc(-c4cccc5c4oc4ccccc45)cc3)c(O)c21. The van der Waals surface area contributed by atoms with Crippen molar-refractivity contribution in [3.8, 4) is 50.6 Å². The zero-order valence-electron chi connectivity index (χ0n) is 37.8. The minimum atomic E-state index is -1.15. The largest absolute Gasteiger partial charge is 0.505 e. The molecule has 0 fully saturated rings. The second-order valence-electron chi connectivity index (χ2n) is 17.6. The summed E-state index contributed by atoms with van der Waals surface area (Å²) in [5.74, 6) is -0.979.